The number of anilines is 2. The SMILES string of the molecule is O=C(C1CC1)N1CCCc2ccc(NS(=O)(=O)c3ccc(-c4ccc(C(F)(F)F)cc4)cc3)cc21. The van der Waals surface area contributed by atoms with E-state index in [2.05, 4.69) is 4.72 Å². The third-order valence-corrected chi connectivity index (χ3v) is 7.76. The molecule has 1 amide bonds. The maximum atomic E-state index is 13.0. The minimum atomic E-state index is -4.42. The van der Waals surface area contributed by atoms with E-state index in [-0.39, 0.29) is 16.7 Å². The second kappa shape index (κ2) is 8.71. The molecule has 5 nitrogen and oxygen atoms in total. The molecule has 0 unspecified atom stereocenters. The van der Waals surface area contributed by atoms with E-state index in [1.165, 1.54) is 24.3 Å². The first-order chi connectivity index (χ1) is 16.6. The van der Waals surface area contributed by atoms with Crippen LogP contribution in [0.15, 0.2) is 71.6 Å². The van der Waals surface area contributed by atoms with Gasteiger partial charge in [-0.1, -0.05) is 30.3 Å². The molecule has 182 valence electrons. The van der Waals surface area contributed by atoms with Crippen molar-refractivity contribution < 1.29 is 26.4 Å². The van der Waals surface area contributed by atoms with Gasteiger partial charge in [0, 0.05) is 18.2 Å². The van der Waals surface area contributed by atoms with Crippen LogP contribution in [0.1, 0.15) is 30.4 Å². The van der Waals surface area contributed by atoms with E-state index in [1.54, 1.807) is 29.2 Å². The minimum absolute atomic E-state index is 0.0248. The smallest absolute Gasteiger partial charge is 0.312 e. The molecule has 1 heterocycles. The number of halogens is 3. The van der Waals surface area contributed by atoms with E-state index >= 15 is 0 Å². The lowest BCUT2D eigenvalue weighted by atomic mass is 10.0. The van der Waals surface area contributed by atoms with Gasteiger partial charge in [0.2, 0.25) is 5.91 Å². The number of benzene rings is 3. The zero-order valence-electron chi connectivity index (χ0n) is 18.7. The summed E-state index contributed by atoms with van der Waals surface area (Å²) in [5, 5.41) is 0. The Morgan fingerprint density at radius 3 is 2.14 bits per heavy atom. The Hall–Kier alpha value is -3.33. The van der Waals surface area contributed by atoms with Gasteiger partial charge >= 0.3 is 6.18 Å². The predicted molar refractivity (Wildman–Crippen MR) is 128 cm³/mol. The summed E-state index contributed by atoms with van der Waals surface area (Å²) in [6.45, 7) is 0.629. The number of fused-ring (bicyclic) bond motifs is 1. The Kier molecular flexibility index (Phi) is 5.83. The molecule has 0 spiro atoms. The van der Waals surface area contributed by atoms with Crippen molar-refractivity contribution in [2.75, 3.05) is 16.2 Å². The average molecular weight is 501 g/mol. The van der Waals surface area contributed by atoms with Gasteiger partial charge in [-0.3, -0.25) is 9.52 Å². The summed E-state index contributed by atoms with van der Waals surface area (Å²) < 4.78 is 66.9. The van der Waals surface area contributed by atoms with Crippen LogP contribution in [-0.2, 0) is 27.4 Å². The van der Waals surface area contributed by atoms with Crippen LogP contribution in [0, 0.1) is 5.92 Å². The second-order valence-electron chi connectivity index (χ2n) is 8.92. The van der Waals surface area contributed by atoms with Gasteiger partial charge in [-0.2, -0.15) is 13.2 Å². The maximum Gasteiger partial charge on any atom is 0.416 e. The molecule has 9 heteroatoms. The van der Waals surface area contributed by atoms with Crippen molar-refractivity contribution in [1.82, 2.24) is 0 Å². The van der Waals surface area contributed by atoms with E-state index < -0.39 is 21.8 Å². The Labute approximate surface area is 201 Å². The summed E-state index contributed by atoms with van der Waals surface area (Å²) in [7, 11) is -3.91. The number of sulfonamides is 1. The van der Waals surface area contributed by atoms with E-state index in [4.69, 9.17) is 0 Å². The zero-order valence-corrected chi connectivity index (χ0v) is 19.5. The summed E-state index contributed by atoms with van der Waals surface area (Å²) in [4.78, 5) is 14.5. The highest BCUT2D eigenvalue weighted by molar-refractivity contribution is 7.92. The van der Waals surface area contributed by atoms with Gasteiger partial charge in [0.15, 0.2) is 0 Å². The number of carbonyl (C=O) groups is 1. The van der Waals surface area contributed by atoms with Crippen LogP contribution in [0.3, 0.4) is 0 Å². The number of hydrogen-bond donors (Lipinski definition) is 1. The molecule has 5 rings (SSSR count). The largest absolute Gasteiger partial charge is 0.416 e. The highest BCUT2D eigenvalue weighted by atomic mass is 32.2. The van der Waals surface area contributed by atoms with Crippen LogP contribution >= 0.6 is 0 Å². The van der Waals surface area contributed by atoms with E-state index in [0.717, 1.165) is 49.1 Å². The topological polar surface area (TPSA) is 66.5 Å². The molecule has 2 aliphatic rings. The number of aryl methyl sites for hydroxylation is 1. The van der Waals surface area contributed by atoms with Crippen LogP contribution in [0.5, 0.6) is 0 Å². The monoisotopic (exact) mass is 500 g/mol. The van der Waals surface area contributed by atoms with Crippen molar-refractivity contribution in [2.24, 2.45) is 5.92 Å². The number of carbonyl (C=O) groups excluding carboxylic acids is 1. The fourth-order valence-electron chi connectivity index (χ4n) is 4.31. The Morgan fingerprint density at radius 1 is 0.914 bits per heavy atom. The van der Waals surface area contributed by atoms with Crippen molar-refractivity contribution in [3.63, 3.8) is 0 Å². The molecule has 1 aliphatic heterocycles. The summed E-state index contributed by atoms with van der Waals surface area (Å²) in [6, 6.07) is 15.9. The summed E-state index contributed by atoms with van der Waals surface area (Å²) >= 11 is 0. The highest BCUT2D eigenvalue weighted by Crippen LogP contribution is 2.37. The Bertz CT molecular complexity index is 1360. The number of nitrogens with one attached hydrogen (secondary N) is 1. The molecular formula is C26H23F3N2O3S. The molecule has 3 aromatic carbocycles. The third kappa shape index (κ3) is 4.91. The molecule has 0 radical (unpaired) electrons. The van der Waals surface area contributed by atoms with Crippen molar-refractivity contribution in [2.45, 2.75) is 36.8 Å². The minimum Gasteiger partial charge on any atom is -0.312 e. The van der Waals surface area contributed by atoms with Gasteiger partial charge in [-0.05, 0) is 78.8 Å². The molecule has 1 N–H and O–H groups in total. The quantitative estimate of drug-likeness (QED) is 0.477. The number of nitrogens with zero attached hydrogens (tertiary/aromatic N) is 1. The maximum absolute atomic E-state index is 13.0. The fraction of sp³-hybridized carbons (Fsp3) is 0.269. The van der Waals surface area contributed by atoms with Gasteiger partial charge in [-0.25, -0.2) is 8.42 Å². The molecule has 3 aromatic rings. The van der Waals surface area contributed by atoms with Crippen molar-refractivity contribution in [1.29, 1.82) is 0 Å². The van der Waals surface area contributed by atoms with Crippen LogP contribution < -0.4 is 9.62 Å². The van der Waals surface area contributed by atoms with Crippen LogP contribution in [0.25, 0.3) is 11.1 Å². The van der Waals surface area contributed by atoms with Crippen molar-refractivity contribution in [3.05, 3.63) is 77.9 Å². The second-order valence-corrected chi connectivity index (χ2v) is 10.6. The number of rotatable bonds is 5. The van der Waals surface area contributed by atoms with Gasteiger partial charge < -0.3 is 4.90 Å². The van der Waals surface area contributed by atoms with Gasteiger partial charge in [0.25, 0.3) is 10.0 Å². The number of amides is 1. The van der Waals surface area contributed by atoms with Crippen LogP contribution in [-0.4, -0.2) is 20.9 Å². The third-order valence-electron chi connectivity index (χ3n) is 6.36. The lowest BCUT2D eigenvalue weighted by molar-refractivity contribution is -0.137. The summed E-state index contributed by atoms with van der Waals surface area (Å²) in [5.41, 5.74) is 2.55. The molecule has 0 saturated heterocycles. The van der Waals surface area contributed by atoms with Gasteiger partial charge in [0.05, 0.1) is 16.1 Å². The van der Waals surface area contributed by atoms with Gasteiger partial charge in [0.1, 0.15) is 0 Å². The lowest BCUT2D eigenvalue weighted by Crippen LogP contribution is -2.36. The average Bonchev–Trinajstić information content (AvgIpc) is 3.68. The van der Waals surface area contributed by atoms with Gasteiger partial charge in [-0.15, -0.1) is 0 Å². The zero-order chi connectivity index (χ0) is 24.8. The lowest BCUT2D eigenvalue weighted by Gasteiger charge is -2.30. The van der Waals surface area contributed by atoms with E-state index in [0.29, 0.717) is 23.4 Å². The fourth-order valence-corrected chi connectivity index (χ4v) is 5.36. The van der Waals surface area contributed by atoms with Crippen molar-refractivity contribution >= 4 is 27.3 Å². The summed E-state index contributed by atoms with van der Waals surface area (Å²) in [6.07, 6.45) is -0.899. The first kappa shape index (κ1) is 23.4. The number of hydrogen-bond acceptors (Lipinski definition) is 3. The number of alkyl halides is 3. The molecule has 1 fully saturated rings. The van der Waals surface area contributed by atoms with E-state index in [1.807, 2.05) is 6.07 Å². The Morgan fingerprint density at radius 2 is 1.54 bits per heavy atom. The molecular weight excluding hydrogens is 477 g/mol. The van der Waals surface area contributed by atoms with Crippen LogP contribution in [0.2, 0.25) is 0 Å². The molecule has 35 heavy (non-hydrogen) atoms. The van der Waals surface area contributed by atoms with Crippen molar-refractivity contribution in [3.8, 4) is 11.1 Å². The Balaban J connectivity index is 1.35. The molecule has 1 saturated carbocycles. The standard InChI is InChI=1S/C26H23F3N2O3S/c27-26(28,29)21-10-5-17(6-11-21)18-8-13-23(14-9-18)35(33,34)30-22-12-7-19-2-1-15-31(24(19)16-22)25(32)20-3-4-20/h5-14,16,20,30H,1-4,15H2. The molecule has 1 aliphatic carbocycles. The predicted octanol–water partition coefficient (Wildman–Crippen LogP) is 5.86. The normalized spacial score (nSPS) is 16.0. The molecule has 0 aromatic heterocycles. The molecule has 0 atom stereocenters. The van der Waals surface area contributed by atoms with Crippen LogP contribution in [0.4, 0.5) is 24.5 Å². The highest BCUT2D eigenvalue weighted by Gasteiger charge is 2.35. The first-order valence-corrected chi connectivity index (χ1v) is 12.8. The summed E-state index contributed by atoms with van der Waals surface area (Å²) in [5.74, 6) is 0.175. The first-order valence-electron chi connectivity index (χ1n) is 11.4. The molecule has 0 bridgehead atoms. The van der Waals surface area contributed by atoms with E-state index in [9.17, 15) is 26.4 Å².